The highest BCUT2D eigenvalue weighted by molar-refractivity contribution is 14.0. The number of hydrogen-bond donors (Lipinski definition) is 2. The molecule has 6 nitrogen and oxygen atoms in total. The molecule has 1 rings (SSSR count). The molecule has 8 heteroatoms. The van der Waals surface area contributed by atoms with E-state index in [2.05, 4.69) is 15.0 Å². The van der Waals surface area contributed by atoms with Crippen LogP contribution in [0.3, 0.4) is 0 Å². The summed E-state index contributed by atoms with van der Waals surface area (Å²) in [7, 11) is 0.545. The Bertz CT molecular complexity index is 601. The molecule has 0 fully saturated rings. The summed E-state index contributed by atoms with van der Waals surface area (Å²) in [6, 6.07) is 9.97. The third kappa shape index (κ3) is 9.77. The number of benzene rings is 1. The lowest BCUT2D eigenvalue weighted by Gasteiger charge is -2.27. The monoisotopic (exact) mass is 454 g/mol. The number of guanidine groups is 1. The highest BCUT2D eigenvalue weighted by Crippen LogP contribution is 2.03. The fourth-order valence-corrected chi connectivity index (χ4v) is 3.02. The van der Waals surface area contributed by atoms with Crippen LogP contribution in [-0.4, -0.2) is 51.7 Å². The molecule has 0 bridgehead atoms. The van der Waals surface area contributed by atoms with Crippen molar-refractivity contribution in [2.75, 3.05) is 26.9 Å². The summed E-state index contributed by atoms with van der Waals surface area (Å²) in [6.07, 6.45) is 1.16. The van der Waals surface area contributed by atoms with E-state index in [0.29, 0.717) is 19.0 Å². The van der Waals surface area contributed by atoms with Gasteiger partial charge in [0, 0.05) is 26.2 Å². The number of rotatable bonds is 6. The Morgan fingerprint density at radius 1 is 1.22 bits per heavy atom. The van der Waals surface area contributed by atoms with Crippen LogP contribution >= 0.6 is 24.0 Å². The topological polar surface area (TPSA) is 73.8 Å². The zero-order valence-corrected chi connectivity index (χ0v) is 17.5. The van der Waals surface area contributed by atoms with Gasteiger partial charge >= 0.3 is 0 Å². The first-order valence-electron chi connectivity index (χ1n) is 7.07. The van der Waals surface area contributed by atoms with E-state index in [1.165, 1.54) is 0 Å². The maximum absolute atomic E-state index is 11.4. The molecule has 1 aromatic rings. The molecule has 0 heterocycles. The fraction of sp³-hybridized carbons (Fsp3) is 0.533. The molecule has 0 saturated carbocycles. The van der Waals surface area contributed by atoms with E-state index in [4.69, 9.17) is 0 Å². The van der Waals surface area contributed by atoms with Gasteiger partial charge in [0.15, 0.2) is 5.96 Å². The lowest BCUT2D eigenvalue weighted by molar-refractivity contribution is 0.437. The Labute approximate surface area is 156 Å². The van der Waals surface area contributed by atoms with Gasteiger partial charge < -0.3 is 10.2 Å². The van der Waals surface area contributed by atoms with Crippen LogP contribution in [0.1, 0.15) is 19.4 Å². The van der Waals surface area contributed by atoms with Crippen molar-refractivity contribution in [2.45, 2.75) is 25.9 Å². The van der Waals surface area contributed by atoms with Crippen LogP contribution in [0.2, 0.25) is 0 Å². The van der Waals surface area contributed by atoms with Crippen LogP contribution in [0, 0.1) is 0 Å². The molecule has 0 radical (unpaired) electrons. The van der Waals surface area contributed by atoms with Gasteiger partial charge in [0.05, 0.1) is 12.8 Å². The van der Waals surface area contributed by atoms with Crippen LogP contribution in [0.4, 0.5) is 0 Å². The first-order valence-corrected chi connectivity index (χ1v) is 8.97. The molecule has 132 valence electrons. The van der Waals surface area contributed by atoms with Crippen molar-refractivity contribution in [3.05, 3.63) is 35.9 Å². The van der Waals surface area contributed by atoms with Crippen molar-refractivity contribution in [2.24, 2.45) is 4.99 Å². The molecule has 0 saturated heterocycles. The van der Waals surface area contributed by atoms with Gasteiger partial charge in [-0.05, 0) is 19.4 Å². The zero-order valence-electron chi connectivity index (χ0n) is 14.3. The predicted molar refractivity (Wildman–Crippen MR) is 107 cm³/mol. The van der Waals surface area contributed by atoms with Crippen LogP contribution in [0.25, 0.3) is 0 Å². The molecule has 0 aliphatic heterocycles. The van der Waals surface area contributed by atoms with Gasteiger partial charge in [-0.15, -0.1) is 24.0 Å². The summed E-state index contributed by atoms with van der Waals surface area (Å²) in [6.45, 7) is 4.66. The maximum Gasteiger partial charge on any atom is 0.209 e. The number of halogens is 1. The third-order valence-electron chi connectivity index (χ3n) is 2.83. The van der Waals surface area contributed by atoms with Crippen LogP contribution in [0.5, 0.6) is 0 Å². The molecule has 0 aliphatic carbocycles. The van der Waals surface area contributed by atoms with Crippen molar-refractivity contribution in [1.82, 2.24) is 14.9 Å². The van der Waals surface area contributed by atoms with Crippen LogP contribution in [-0.2, 0) is 16.6 Å². The van der Waals surface area contributed by atoms with Crippen molar-refractivity contribution in [3.63, 3.8) is 0 Å². The van der Waals surface area contributed by atoms with Gasteiger partial charge in [-0.3, -0.25) is 0 Å². The molecule has 23 heavy (non-hydrogen) atoms. The Morgan fingerprint density at radius 3 is 2.26 bits per heavy atom. The molecule has 0 unspecified atom stereocenters. The lowest BCUT2D eigenvalue weighted by Crippen LogP contribution is -2.52. The van der Waals surface area contributed by atoms with Crippen molar-refractivity contribution in [3.8, 4) is 0 Å². The second-order valence-corrected chi connectivity index (χ2v) is 7.88. The van der Waals surface area contributed by atoms with Gasteiger partial charge in [-0.2, -0.15) is 0 Å². The predicted octanol–water partition coefficient (Wildman–Crippen LogP) is 1.64. The second kappa shape index (κ2) is 9.43. The normalized spacial score (nSPS) is 12.5. The first kappa shape index (κ1) is 22.1. The quantitative estimate of drug-likeness (QED) is 0.390. The fourth-order valence-electron chi connectivity index (χ4n) is 1.94. The largest absolute Gasteiger partial charge is 0.354 e. The van der Waals surface area contributed by atoms with Gasteiger partial charge in [-0.1, -0.05) is 30.3 Å². The highest BCUT2D eigenvalue weighted by Gasteiger charge is 2.22. The van der Waals surface area contributed by atoms with Crippen LogP contribution in [0.15, 0.2) is 35.3 Å². The average Bonchev–Trinajstić information content (AvgIpc) is 2.36. The smallest absolute Gasteiger partial charge is 0.209 e. The summed E-state index contributed by atoms with van der Waals surface area (Å²) in [5.74, 6) is 0.715. The van der Waals surface area contributed by atoms with Gasteiger partial charge in [0.2, 0.25) is 10.0 Å². The number of sulfonamides is 1. The van der Waals surface area contributed by atoms with Crippen molar-refractivity contribution < 1.29 is 8.42 Å². The summed E-state index contributed by atoms with van der Waals surface area (Å²) in [5, 5.41) is 3.20. The molecule has 0 aliphatic rings. The molecule has 0 atom stereocenters. The number of nitrogens with zero attached hydrogens (tertiary/aromatic N) is 2. The summed E-state index contributed by atoms with van der Waals surface area (Å²) >= 11 is 0. The number of hydrogen-bond acceptors (Lipinski definition) is 3. The van der Waals surface area contributed by atoms with Crippen molar-refractivity contribution in [1.29, 1.82) is 0 Å². The first-order chi connectivity index (χ1) is 10.1. The Morgan fingerprint density at radius 2 is 1.78 bits per heavy atom. The summed E-state index contributed by atoms with van der Waals surface area (Å²) in [4.78, 5) is 6.42. The van der Waals surface area contributed by atoms with Gasteiger partial charge in [-0.25, -0.2) is 18.1 Å². The maximum atomic E-state index is 11.4. The van der Waals surface area contributed by atoms with Crippen LogP contribution < -0.4 is 10.0 Å². The Kier molecular flexibility index (Phi) is 9.07. The third-order valence-corrected chi connectivity index (χ3v) is 3.75. The SMILES string of the molecule is CN(C)C(=NCc1ccccc1)NCC(C)(C)NS(C)(=O)=O.I. The van der Waals surface area contributed by atoms with Gasteiger partial charge in [0.1, 0.15) is 0 Å². The van der Waals surface area contributed by atoms with E-state index in [0.717, 1.165) is 11.8 Å². The molecular weight excluding hydrogens is 427 g/mol. The molecular formula is C15H27IN4O2S. The molecule has 1 aromatic carbocycles. The lowest BCUT2D eigenvalue weighted by atomic mass is 10.1. The van der Waals surface area contributed by atoms with E-state index < -0.39 is 15.6 Å². The summed E-state index contributed by atoms with van der Waals surface area (Å²) in [5.41, 5.74) is 0.522. The van der Waals surface area contributed by atoms with E-state index >= 15 is 0 Å². The highest BCUT2D eigenvalue weighted by atomic mass is 127. The van der Waals surface area contributed by atoms with E-state index in [9.17, 15) is 8.42 Å². The van der Waals surface area contributed by atoms with Gasteiger partial charge in [0.25, 0.3) is 0 Å². The standard InChI is InChI=1S/C15H26N4O2S.HI/c1-15(2,18-22(5,20)21)12-17-14(19(3)4)16-11-13-9-7-6-8-10-13;/h6-10,18H,11-12H2,1-5H3,(H,16,17);1H. The second-order valence-electron chi connectivity index (χ2n) is 6.13. The van der Waals surface area contributed by atoms with E-state index in [-0.39, 0.29) is 24.0 Å². The minimum atomic E-state index is -3.25. The number of aliphatic imine (C=N–C) groups is 1. The molecule has 0 aromatic heterocycles. The average molecular weight is 454 g/mol. The Balaban J connectivity index is 0.00000484. The van der Waals surface area contributed by atoms with Crippen molar-refractivity contribution >= 4 is 40.0 Å². The summed E-state index contributed by atoms with van der Waals surface area (Å²) < 4.78 is 25.3. The Hall–Kier alpha value is -0.870. The molecule has 0 spiro atoms. The molecule has 0 amide bonds. The number of nitrogens with one attached hydrogen (secondary N) is 2. The minimum absolute atomic E-state index is 0. The van der Waals surface area contributed by atoms with E-state index in [1.54, 1.807) is 0 Å². The zero-order chi connectivity index (χ0) is 16.8. The minimum Gasteiger partial charge on any atom is -0.354 e. The molecule has 2 N–H and O–H groups in total. The van der Waals surface area contributed by atoms with E-state index in [1.807, 2.05) is 63.2 Å².